The van der Waals surface area contributed by atoms with E-state index in [0.717, 1.165) is 33.9 Å². The second-order valence-corrected chi connectivity index (χ2v) is 17.7. The molecule has 3 aromatic rings. The quantitative estimate of drug-likeness (QED) is 0.210. The average molecular weight is 708 g/mol. The van der Waals surface area contributed by atoms with Crippen LogP contribution in [-0.4, -0.2) is 29.4 Å². The van der Waals surface area contributed by atoms with E-state index in [9.17, 15) is 0 Å². The first kappa shape index (κ1) is 40.4. The molecule has 3 nitrogen and oxygen atoms in total. The Bertz CT molecular complexity index is 1460. The van der Waals surface area contributed by atoms with Gasteiger partial charge in [-0.15, -0.1) is 0 Å². The molecule has 4 rings (SSSR count). The molecule has 1 aliphatic carbocycles. The summed E-state index contributed by atoms with van der Waals surface area (Å²) in [6.07, 6.45) is 0. The molecule has 0 radical (unpaired) electrons. The first-order valence-corrected chi connectivity index (χ1v) is 17.1. The molecule has 0 bridgehead atoms. The Morgan fingerprint density at radius 1 is 0.455 bits per heavy atom. The molecule has 0 saturated heterocycles. The molecule has 0 saturated carbocycles. The summed E-state index contributed by atoms with van der Waals surface area (Å²) in [5, 5.41) is 4.29. The number of ether oxygens (including phenoxy) is 3. The number of benzene rings is 3. The summed E-state index contributed by atoms with van der Waals surface area (Å²) in [5.41, 5.74) is 13.0. The third kappa shape index (κ3) is 5.85. The van der Waals surface area contributed by atoms with Crippen LogP contribution in [0.15, 0.2) is 58.7 Å². The average Bonchev–Trinajstić information content (AvgIpc) is 3.09. The van der Waals surface area contributed by atoms with Crippen LogP contribution in [-0.2, 0) is 20.4 Å². The molecule has 0 spiro atoms. The van der Waals surface area contributed by atoms with Crippen LogP contribution in [0.2, 0.25) is 3.34 Å². The van der Waals surface area contributed by atoms with Crippen LogP contribution in [0, 0.1) is 41.5 Å². The Balaban J connectivity index is 0.00000323. The van der Waals surface area contributed by atoms with Gasteiger partial charge in [0, 0.05) is 0 Å². The molecule has 0 amide bonds. The second kappa shape index (κ2) is 14.8. The molecule has 0 atom stereocenters. The summed E-state index contributed by atoms with van der Waals surface area (Å²) < 4.78 is 17.3. The van der Waals surface area contributed by atoms with Gasteiger partial charge in [0.15, 0.2) is 0 Å². The fourth-order valence-electron chi connectivity index (χ4n) is 7.25. The molecule has 0 aliphatic heterocycles. The summed E-state index contributed by atoms with van der Waals surface area (Å²) in [7, 11) is 2.36. The normalized spacial score (nSPS) is 14.1. The van der Waals surface area contributed by atoms with Crippen LogP contribution in [0.5, 0.6) is 17.2 Å². The van der Waals surface area contributed by atoms with Crippen LogP contribution in [0.1, 0.15) is 61.1 Å². The molecule has 44 heavy (non-hydrogen) atoms. The molecule has 8 heteroatoms. The van der Waals surface area contributed by atoms with Crippen molar-refractivity contribution in [2.45, 2.75) is 72.6 Å². The van der Waals surface area contributed by atoms with Gasteiger partial charge < -0.3 is 37.2 Å². The van der Waals surface area contributed by atoms with E-state index in [0.29, 0.717) is 0 Å². The minimum atomic E-state index is -2.94. The summed E-state index contributed by atoms with van der Waals surface area (Å²) >= 11 is 2.53. The van der Waals surface area contributed by atoms with E-state index in [-0.39, 0.29) is 40.6 Å². The number of methoxy groups -OCH3 is 3. The molecule has 0 heterocycles. The van der Waals surface area contributed by atoms with Gasteiger partial charge in [-0.3, -0.25) is 0 Å². The van der Waals surface area contributed by atoms with Gasteiger partial charge in [0.1, 0.15) is 0 Å². The maximum atomic E-state index is 5.84. The largest absolute Gasteiger partial charge is 1.00 e. The van der Waals surface area contributed by atoms with E-state index in [1.54, 1.807) is 21.3 Å². The minimum absolute atomic E-state index is 0. The van der Waals surface area contributed by atoms with Crippen LogP contribution in [0.25, 0.3) is 0 Å². The minimum Gasteiger partial charge on any atom is -1.00 e. The zero-order valence-corrected chi connectivity index (χ0v) is 33.2. The van der Waals surface area contributed by atoms with Crippen molar-refractivity contribution in [3.63, 3.8) is 0 Å². The zero-order chi connectivity index (χ0) is 30.6. The summed E-state index contributed by atoms with van der Waals surface area (Å²) in [4.78, 5) is 0. The van der Waals surface area contributed by atoms with E-state index < -0.39 is 8.07 Å². The zero-order valence-electron chi connectivity index (χ0n) is 28.3. The Hall–Kier alpha value is -1.66. The number of hydrogen-bond donors (Lipinski definition) is 0. The number of allylic oxidation sites excluding steroid dienone is 4. The molecule has 0 aromatic heterocycles. The van der Waals surface area contributed by atoms with Gasteiger partial charge in [-0.25, -0.2) is 0 Å². The fourth-order valence-corrected chi connectivity index (χ4v) is 16.6. The van der Waals surface area contributed by atoms with Crippen molar-refractivity contribution in [1.29, 1.82) is 0 Å². The first-order valence-electron chi connectivity index (χ1n) is 14.3. The smallest absolute Gasteiger partial charge is 1.00 e. The van der Waals surface area contributed by atoms with Crippen molar-refractivity contribution in [2.24, 2.45) is 0 Å². The third-order valence-electron chi connectivity index (χ3n) is 9.81. The summed E-state index contributed by atoms with van der Waals surface area (Å²) in [6, 6.07) is 14.1. The van der Waals surface area contributed by atoms with Gasteiger partial charge in [0.25, 0.3) is 0 Å². The second-order valence-electron chi connectivity index (χ2n) is 11.9. The van der Waals surface area contributed by atoms with Crippen LogP contribution in [0.4, 0.5) is 0 Å². The Labute approximate surface area is 296 Å². The van der Waals surface area contributed by atoms with E-state index in [1.165, 1.54) is 54.5 Å². The monoisotopic (exact) mass is 706 g/mol. The van der Waals surface area contributed by atoms with Crippen molar-refractivity contribution >= 4 is 23.6 Å². The SMILES string of the molecule is COc1cc(C)c([Si](c2cc(C)c(OC)cc2C)(c2cc(C)c(OC)cc2C)[C]2([Ti+3])C(C)=C(C)C(C)=C2C)cc1C.[Cl-].[Cl-].[Cl-]. The molecule has 0 unspecified atom stereocenters. The fraction of sp³-hybridized carbons (Fsp3) is 0.389. The van der Waals surface area contributed by atoms with Gasteiger partial charge >= 0.3 is 262 Å². The molecule has 0 fully saturated rings. The van der Waals surface area contributed by atoms with Crippen molar-refractivity contribution in [2.75, 3.05) is 21.3 Å². The predicted molar refractivity (Wildman–Crippen MR) is 172 cm³/mol. The Kier molecular flexibility index (Phi) is 13.6. The number of rotatable bonds is 7. The standard InChI is InChI=1S/C36H45O3Si.3ClH.Ti/c1-20-17-33(23(4)14-30(20)37-11)40(36-28(9)26(7)27(8)29(36)10,34-18-21(2)31(38-12)15-24(34)5)35-19-22(3)32(39-13)16-25(35)6;;;;/h14-19H,1-13H3;3*1H;/q;;;;+3/p-3. The van der Waals surface area contributed by atoms with Crippen molar-refractivity contribution in [3.05, 3.63) is 92.1 Å². The van der Waals surface area contributed by atoms with Gasteiger partial charge in [-0.1, -0.05) is 0 Å². The summed E-state index contributed by atoms with van der Waals surface area (Å²) in [5.74, 6) is 2.80. The molecule has 236 valence electrons. The van der Waals surface area contributed by atoms with Crippen LogP contribution >= 0.6 is 0 Å². The molecular weight excluding hydrogens is 663 g/mol. The van der Waals surface area contributed by atoms with Crippen molar-refractivity contribution in [3.8, 4) is 17.2 Å². The van der Waals surface area contributed by atoms with Gasteiger partial charge in [-0.05, 0) is 0 Å². The van der Waals surface area contributed by atoms with E-state index in [4.69, 9.17) is 14.2 Å². The van der Waals surface area contributed by atoms with Crippen LogP contribution < -0.4 is 67.0 Å². The van der Waals surface area contributed by atoms with Crippen molar-refractivity contribution in [1.82, 2.24) is 0 Å². The Morgan fingerprint density at radius 3 is 0.932 bits per heavy atom. The van der Waals surface area contributed by atoms with Gasteiger partial charge in [0.05, 0.1) is 0 Å². The molecule has 1 aliphatic rings. The number of halogens is 3. The Morgan fingerprint density at radius 2 is 0.705 bits per heavy atom. The number of aryl methyl sites for hydroxylation is 6. The maximum Gasteiger partial charge on any atom is -1.00 e. The molecule has 0 N–H and O–H groups in total. The van der Waals surface area contributed by atoms with Gasteiger partial charge in [-0.2, -0.15) is 0 Å². The van der Waals surface area contributed by atoms with E-state index in [1.807, 2.05) is 0 Å². The molecule has 3 aromatic carbocycles. The van der Waals surface area contributed by atoms with E-state index >= 15 is 0 Å². The first-order chi connectivity index (χ1) is 19.2. The van der Waals surface area contributed by atoms with E-state index in [2.05, 4.69) is 126 Å². The maximum absolute atomic E-state index is 5.84. The topological polar surface area (TPSA) is 27.7 Å². The molecular formula is C36H45Cl3O3SiTi. The van der Waals surface area contributed by atoms with Gasteiger partial charge in [0.2, 0.25) is 0 Å². The van der Waals surface area contributed by atoms with Crippen molar-refractivity contribution < 1.29 is 71.9 Å². The van der Waals surface area contributed by atoms with Crippen LogP contribution in [0.3, 0.4) is 0 Å². The predicted octanol–water partition coefficient (Wildman–Crippen LogP) is -2.02. The number of hydrogen-bond acceptors (Lipinski definition) is 3. The summed E-state index contributed by atoms with van der Waals surface area (Å²) in [6.45, 7) is 22.7. The third-order valence-corrected chi connectivity index (χ3v) is 18.7.